The Morgan fingerprint density at radius 2 is 1.65 bits per heavy atom. The number of amides is 1. The van der Waals surface area contributed by atoms with Crippen LogP contribution in [0, 0.1) is 17.7 Å². The van der Waals surface area contributed by atoms with E-state index in [4.69, 9.17) is 0 Å². The van der Waals surface area contributed by atoms with E-state index in [9.17, 15) is 9.18 Å². The van der Waals surface area contributed by atoms with Gasteiger partial charge in [-0.1, -0.05) is 11.8 Å². The van der Waals surface area contributed by atoms with Gasteiger partial charge in [0.15, 0.2) is 5.65 Å². The molecule has 0 N–H and O–H groups in total. The normalized spacial score (nSPS) is 14.1. The van der Waals surface area contributed by atoms with Crippen molar-refractivity contribution in [2.45, 2.75) is 19.3 Å². The third-order valence-corrected chi connectivity index (χ3v) is 4.36. The summed E-state index contributed by atoms with van der Waals surface area (Å²) in [6.45, 7) is 1.53. The van der Waals surface area contributed by atoms with Crippen molar-refractivity contribution in [3.8, 4) is 11.8 Å². The average molecular weight is 348 g/mol. The molecule has 1 aliphatic rings. The summed E-state index contributed by atoms with van der Waals surface area (Å²) in [5.41, 5.74) is 2.08. The Morgan fingerprint density at radius 3 is 2.42 bits per heavy atom. The number of nitrogens with zero attached hydrogens (tertiary/aromatic N) is 4. The molecule has 1 saturated heterocycles. The van der Waals surface area contributed by atoms with Crippen molar-refractivity contribution in [1.82, 2.24) is 19.5 Å². The SMILES string of the molecule is O=C(c1nc2ccc(C#Cc3ccc(F)cc3)cn2n1)N1CCCCC1. The monoisotopic (exact) mass is 348 g/mol. The van der Waals surface area contributed by atoms with E-state index in [1.165, 1.54) is 18.6 Å². The minimum atomic E-state index is -0.287. The number of hydrogen-bond donors (Lipinski definition) is 0. The Bertz CT molecular complexity index is 1010. The van der Waals surface area contributed by atoms with Crippen molar-refractivity contribution in [2.75, 3.05) is 13.1 Å². The van der Waals surface area contributed by atoms with Gasteiger partial charge in [-0.2, -0.15) is 0 Å². The van der Waals surface area contributed by atoms with Gasteiger partial charge in [-0.25, -0.2) is 13.9 Å². The summed E-state index contributed by atoms with van der Waals surface area (Å²) in [4.78, 5) is 18.7. The molecule has 4 rings (SSSR count). The highest BCUT2D eigenvalue weighted by molar-refractivity contribution is 5.91. The lowest BCUT2D eigenvalue weighted by Crippen LogP contribution is -2.36. The van der Waals surface area contributed by atoms with Crippen molar-refractivity contribution in [3.63, 3.8) is 0 Å². The number of piperidine rings is 1. The van der Waals surface area contributed by atoms with Gasteiger partial charge in [0.25, 0.3) is 5.91 Å². The second kappa shape index (κ2) is 6.96. The van der Waals surface area contributed by atoms with Crippen LogP contribution < -0.4 is 0 Å². The van der Waals surface area contributed by atoms with Gasteiger partial charge in [-0.15, -0.1) is 5.10 Å². The first kappa shape index (κ1) is 16.3. The van der Waals surface area contributed by atoms with Crippen LogP contribution in [0.15, 0.2) is 42.6 Å². The average Bonchev–Trinajstić information content (AvgIpc) is 3.11. The van der Waals surface area contributed by atoms with Gasteiger partial charge in [0.1, 0.15) is 5.82 Å². The molecule has 3 heterocycles. The first-order valence-corrected chi connectivity index (χ1v) is 8.62. The summed E-state index contributed by atoms with van der Waals surface area (Å²) in [6.07, 6.45) is 4.97. The molecular formula is C20H17FN4O. The molecule has 1 aromatic carbocycles. The van der Waals surface area contributed by atoms with Crippen LogP contribution in [0.1, 0.15) is 41.0 Å². The summed E-state index contributed by atoms with van der Waals surface area (Å²) < 4.78 is 14.5. The Balaban J connectivity index is 1.58. The van der Waals surface area contributed by atoms with Crippen molar-refractivity contribution in [3.05, 3.63) is 65.4 Å². The van der Waals surface area contributed by atoms with Gasteiger partial charge in [-0.05, 0) is 55.7 Å². The summed E-state index contributed by atoms with van der Waals surface area (Å²) in [6, 6.07) is 9.63. The van der Waals surface area contributed by atoms with Gasteiger partial charge in [0, 0.05) is 30.4 Å². The minimum absolute atomic E-state index is 0.118. The van der Waals surface area contributed by atoms with Crippen LogP contribution in [0.2, 0.25) is 0 Å². The van der Waals surface area contributed by atoms with Crippen LogP contribution in [0.4, 0.5) is 4.39 Å². The molecule has 5 nitrogen and oxygen atoms in total. The number of fused-ring (bicyclic) bond motifs is 1. The van der Waals surface area contributed by atoms with E-state index < -0.39 is 0 Å². The zero-order chi connectivity index (χ0) is 17.9. The Hall–Kier alpha value is -3.20. The smallest absolute Gasteiger partial charge is 0.293 e. The van der Waals surface area contributed by atoms with E-state index in [1.54, 1.807) is 28.9 Å². The Morgan fingerprint density at radius 1 is 0.962 bits per heavy atom. The van der Waals surface area contributed by atoms with Crippen molar-refractivity contribution >= 4 is 11.6 Å². The molecule has 6 heteroatoms. The van der Waals surface area contributed by atoms with Crippen molar-refractivity contribution < 1.29 is 9.18 Å². The summed E-state index contributed by atoms with van der Waals surface area (Å²) in [5, 5.41) is 4.31. The first-order chi connectivity index (χ1) is 12.7. The lowest BCUT2D eigenvalue weighted by atomic mass is 10.1. The predicted molar refractivity (Wildman–Crippen MR) is 95.1 cm³/mol. The van der Waals surface area contributed by atoms with Crippen molar-refractivity contribution in [2.24, 2.45) is 0 Å². The van der Waals surface area contributed by atoms with E-state index in [0.29, 0.717) is 5.65 Å². The fourth-order valence-electron chi connectivity index (χ4n) is 2.96. The number of carbonyl (C=O) groups is 1. The standard InChI is InChI=1S/C20H17FN4O/c21-17-9-6-15(7-10-17)4-5-16-8-11-18-22-19(23-25(18)14-16)20(26)24-12-2-1-3-13-24/h6-11,14H,1-3,12-13H2. The van der Waals surface area contributed by atoms with Crippen molar-refractivity contribution in [1.29, 1.82) is 0 Å². The lowest BCUT2D eigenvalue weighted by molar-refractivity contribution is 0.0712. The van der Waals surface area contributed by atoms with Gasteiger partial charge < -0.3 is 4.90 Å². The zero-order valence-corrected chi connectivity index (χ0v) is 14.2. The van der Waals surface area contributed by atoms with E-state index in [1.807, 2.05) is 11.0 Å². The third-order valence-electron chi connectivity index (χ3n) is 4.36. The summed E-state index contributed by atoms with van der Waals surface area (Å²) in [5.74, 6) is 5.81. The topological polar surface area (TPSA) is 50.5 Å². The van der Waals surface area contributed by atoms with Crippen LogP contribution in [0.5, 0.6) is 0 Å². The van der Waals surface area contributed by atoms with Crippen LogP contribution >= 0.6 is 0 Å². The quantitative estimate of drug-likeness (QED) is 0.636. The first-order valence-electron chi connectivity index (χ1n) is 8.62. The number of halogens is 1. The molecule has 1 fully saturated rings. The highest BCUT2D eigenvalue weighted by Crippen LogP contribution is 2.12. The van der Waals surface area contributed by atoms with Gasteiger partial charge in [-0.3, -0.25) is 4.79 Å². The maximum Gasteiger partial charge on any atom is 0.293 e. The molecule has 0 spiro atoms. The zero-order valence-electron chi connectivity index (χ0n) is 14.2. The van der Waals surface area contributed by atoms with Crippen LogP contribution in [0.3, 0.4) is 0 Å². The molecular weight excluding hydrogens is 331 g/mol. The Kier molecular flexibility index (Phi) is 4.36. The van der Waals surface area contributed by atoms with E-state index in [-0.39, 0.29) is 17.5 Å². The molecule has 1 amide bonds. The van der Waals surface area contributed by atoms with Gasteiger partial charge >= 0.3 is 0 Å². The highest BCUT2D eigenvalue weighted by Gasteiger charge is 2.22. The molecule has 0 aliphatic carbocycles. The lowest BCUT2D eigenvalue weighted by Gasteiger charge is -2.25. The largest absolute Gasteiger partial charge is 0.336 e. The molecule has 3 aromatic rings. The number of rotatable bonds is 1. The summed E-state index contributed by atoms with van der Waals surface area (Å²) >= 11 is 0. The number of aromatic nitrogens is 3. The fourth-order valence-corrected chi connectivity index (χ4v) is 2.96. The van der Waals surface area contributed by atoms with Crippen LogP contribution in [-0.4, -0.2) is 38.5 Å². The molecule has 0 bridgehead atoms. The molecule has 2 aromatic heterocycles. The predicted octanol–water partition coefficient (Wildman–Crippen LogP) is 2.89. The molecule has 0 radical (unpaired) electrons. The number of likely N-dealkylation sites (tertiary alicyclic amines) is 1. The molecule has 0 atom stereocenters. The molecule has 0 unspecified atom stereocenters. The summed E-state index contributed by atoms with van der Waals surface area (Å²) in [7, 11) is 0. The number of pyridine rings is 1. The second-order valence-corrected chi connectivity index (χ2v) is 6.27. The number of benzene rings is 1. The fraction of sp³-hybridized carbons (Fsp3) is 0.250. The van der Waals surface area contributed by atoms with Gasteiger partial charge in [0.05, 0.1) is 0 Å². The molecule has 0 saturated carbocycles. The molecule has 26 heavy (non-hydrogen) atoms. The maximum atomic E-state index is 12.9. The van der Waals surface area contributed by atoms with Crippen LogP contribution in [-0.2, 0) is 0 Å². The minimum Gasteiger partial charge on any atom is -0.336 e. The highest BCUT2D eigenvalue weighted by atomic mass is 19.1. The number of carbonyl (C=O) groups excluding carboxylic acids is 1. The van der Waals surface area contributed by atoms with E-state index in [2.05, 4.69) is 21.9 Å². The van der Waals surface area contributed by atoms with Crippen LogP contribution in [0.25, 0.3) is 5.65 Å². The van der Waals surface area contributed by atoms with Gasteiger partial charge in [0.2, 0.25) is 5.82 Å². The third kappa shape index (κ3) is 3.42. The number of hydrogen-bond acceptors (Lipinski definition) is 3. The van der Waals surface area contributed by atoms with E-state index in [0.717, 1.165) is 37.1 Å². The maximum absolute atomic E-state index is 12.9. The Labute approximate surface area is 150 Å². The molecule has 1 aliphatic heterocycles. The molecule has 130 valence electrons. The van der Waals surface area contributed by atoms with E-state index >= 15 is 0 Å². The second-order valence-electron chi connectivity index (χ2n) is 6.27.